The molecular formula is C12H13ClN2O2S. The summed E-state index contributed by atoms with van der Waals surface area (Å²) >= 11 is 5.89. The molecule has 1 aromatic rings. The van der Waals surface area contributed by atoms with Gasteiger partial charge in [0.15, 0.2) is 0 Å². The standard InChI is InChI=1S/C12H13ClN2O2S/c13-11-6-5-9(8-14)7-12(11)18(16,17)15-10-3-1-2-4-10/h5-7,10,15H,1-4H2. The molecule has 1 aliphatic rings. The second-order valence-corrected chi connectivity index (χ2v) is 6.45. The molecule has 0 aliphatic heterocycles. The Morgan fingerprint density at radius 3 is 2.61 bits per heavy atom. The molecule has 0 unspecified atom stereocenters. The molecule has 1 saturated carbocycles. The van der Waals surface area contributed by atoms with Crippen LogP contribution in [0.15, 0.2) is 23.1 Å². The molecule has 0 atom stereocenters. The summed E-state index contributed by atoms with van der Waals surface area (Å²) in [5.74, 6) is 0. The summed E-state index contributed by atoms with van der Waals surface area (Å²) in [5.41, 5.74) is 0.284. The quantitative estimate of drug-likeness (QED) is 0.927. The largest absolute Gasteiger partial charge is 0.242 e. The molecule has 0 bridgehead atoms. The van der Waals surface area contributed by atoms with Gasteiger partial charge in [0.05, 0.1) is 16.7 Å². The van der Waals surface area contributed by atoms with E-state index in [4.69, 9.17) is 16.9 Å². The van der Waals surface area contributed by atoms with E-state index >= 15 is 0 Å². The Kier molecular flexibility index (Phi) is 3.91. The summed E-state index contributed by atoms with van der Waals surface area (Å²) in [7, 11) is -3.64. The van der Waals surface area contributed by atoms with Crippen molar-refractivity contribution in [2.24, 2.45) is 0 Å². The number of hydrogen-bond donors (Lipinski definition) is 1. The van der Waals surface area contributed by atoms with Crippen LogP contribution in [0.2, 0.25) is 5.02 Å². The molecule has 1 aliphatic carbocycles. The summed E-state index contributed by atoms with van der Waals surface area (Å²) in [6, 6.07) is 6.13. The zero-order valence-corrected chi connectivity index (χ0v) is 11.3. The lowest BCUT2D eigenvalue weighted by Crippen LogP contribution is -2.32. The maximum absolute atomic E-state index is 12.2. The summed E-state index contributed by atoms with van der Waals surface area (Å²) in [4.78, 5) is -0.0184. The Hall–Kier alpha value is -1.09. The molecule has 1 N–H and O–H groups in total. The smallest absolute Gasteiger partial charge is 0.208 e. The fourth-order valence-corrected chi connectivity index (χ4v) is 3.94. The van der Waals surface area contributed by atoms with Gasteiger partial charge in [0, 0.05) is 6.04 Å². The van der Waals surface area contributed by atoms with Crippen molar-refractivity contribution in [3.8, 4) is 6.07 Å². The summed E-state index contributed by atoms with van der Waals surface area (Å²) in [6.45, 7) is 0. The number of benzene rings is 1. The molecule has 4 nitrogen and oxygen atoms in total. The highest BCUT2D eigenvalue weighted by molar-refractivity contribution is 7.89. The van der Waals surface area contributed by atoms with Crippen LogP contribution in [0.3, 0.4) is 0 Å². The van der Waals surface area contributed by atoms with Crippen LogP contribution in [0.4, 0.5) is 0 Å². The maximum atomic E-state index is 12.2. The van der Waals surface area contributed by atoms with Crippen molar-refractivity contribution in [1.29, 1.82) is 5.26 Å². The fourth-order valence-electron chi connectivity index (χ4n) is 2.11. The third-order valence-corrected chi connectivity index (χ3v) is 5.03. The minimum Gasteiger partial charge on any atom is -0.208 e. The first-order valence-electron chi connectivity index (χ1n) is 5.75. The van der Waals surface area contributed by atoms with Gasteiger partial charge in [-0.2, -0.15) is 5.26 Å². The topological polar surface area (TPSA) is 70.0 Å². The van der Waals surface area contributed by atoms with Gasteiger partial charge in [-0.1, -0.05) is 24.4 Å². The second kappa shape index (κ2) is 5.27. The Morgan fingerprint density at radius 1 is 1.33 bits per heavy atom. The molecule has 0 amide bonds. The number of nitrogens with zero attached hydrogens (tertiary/aromatic N) is 1. The first-order chi connectivity index (χ1) is 8.53. The van der Waals surface area contributed by atoms with Crippen molar-refractivity contribution >= 4 is 21.6 Å². The highest BCUT2D eigenvalue weighted by Gasteiger charge is 2.24. The normalized spacial score (nSPS) is 16.7. The molecule has 1 fully saturated rings. The Balaban J connectivity index is 2.31. The van der Waals surface area contributed by atoms with Crippen LogP contribution in [0.1, 0.15) is 31.2 Å². The number of nitriles is 1. The zero-order valence-electron chi connectivity index (χ0n) is 9.69. The Bertz CT molecular complexity index is 587. The van der Waals surface area contributed by atoms with E-state index in [0.717, 1.165) is 25.7 Å². The molecule has 96 valence electrons. The van der Waals surface area contributed by atoms with E-state index in [9.17, 15) is 8.42 Å². The Morgan fingerprint density at radius 2 is 2.00 bits per heavy atom. The summed E-state index contributed by atoms with van der Waals surface area (Å²) < 4.78 is 27.0. The lowest BCUT2D eigenvalue weighted by atomic mass is 10.2. The lowest BCUT2D eigenvalue weighted by molar-refractivity contribution is 0.552. The first-order valence-corrected chi connectivity index (χ1v) is 7.61. The van der Waals surface area contributed by atoms with Gasteiger partial charge in [-0.25, -0.2) is 13.1 Å². The maximum Gasteiger partial charge on any atom is 0.242 e. The van der Waals surface area contributed by atoms with E-state index in [1.54, 1.807) is 0 Å². The van der Waals surface area contributed by atoms with Gasteiger partial charge in [-0.3, -0.25) is 0 Å². The molecule has 0 heterocycles. The van der Waals surface area contributed by atoms with Crippen LogP contribution < -0.4 is 4.72 Å². The van der Waals surface area contributed by atoms with Gasteiger partial charge in [-0.15, -0.1) is 0 Å². The predicted octanol–water partition coefficient (Wildman–Crippen LogP) is 2.43. The van der Waals surface area contributed by atoms with Crippen molar-refractivity contribution < 1.29 is 8.42 Å². The highest BCUT2D eigenvalue weighted by Crippen LogP contribution is 2.25. The molecule has 1 aromatic carbocycles. The highest BCUT2D eigenvalue weighted by atomic mass is 35.5. The molecule has 2 rings (SSSR count). The third-order valence-electron chi connectivity index (χ3n) is 3.03. The molecule has 0 saturated heterocycles. The number of hydrogen-bond acceptors (Lipinski definition) is 3. The van der Waals surface area contributed by atoms with Gasteiger partial charge in [-0.05, 0) is 31.0 Å². The van der Waals surface area contributed by atoms with Crippen molar-refractivity contribution in [2.75, 3.05) is 0 Å². The van der Waals surface area contributed by atoms with Gasteiger partial charge < -0.3 is 0 Å². The van der Waals surface area contributed by atoms with E-state index in [1.165, 1.54) is 18.2 Å². The second-order valence-electron chi connectivity index (χ2n) is 4.36. The Labute approximate surface area is 112 Å². The monoisotopic (exact) mass is 284 g/mol. The van der Waals surface area contributed by atoms with Crippen LogP contribution in [0, 0.1) is 11.3 Å². The van der Waals surface area contributed by atoms with Gasteiger partial charge in [0.25, 0.3) is 0 Å². The van der Waals surface area contributed by atoms with Crippen LogP contribution in [-0.2, 0) is 10.0 Å². The first kappa shape index (κ1) is 13.3. The minimum atomic E-state index is -3.64. The predicted molar refractivity (Wildman–Crippen MR) is 68.7 cm³/mol. The third kappa shape index (κ3) is 2.83. The van der Waals surface area contributed by atoms with E-state index in [-0.39, 0.29) is 21.5 Å². The lowest BCUT2D eigenvalue weighted by Gasteiger charge is -2.13. The van der Waals surface area contributed by atoms with Crippen LogP contribution >= 0.6 is 11.6 Å². The molecular weight excluding hydrogens is 272 g/mol. The van der Waals surface area contributed by atoms with Crippen molar-refractivity contribution in [3.05, 3.63) is 28.8 Å². The molecule has 0 spiro atoms. The van der Waals surface area contributed by atoms with Crippen LogP contribution in [0.25, 0.3) is 0 Å². The molecule has 6 heteroatoms. The van der Waals surface area contributed by atoms with E-state index in [1.807, 2.05) is 6.07 Å². The average molecular weight is 285 g/mol. The van der Waals surface area contributed by atoms with E-state index in [2.05, 4.69) is 4.72 Å². The van der Waals surface area contributed by atoms with Crippen molar-refractivity contribution in [1.82, 2.24) is 4.72 Å². The number of nitrogens with one attached hydrogen (secondary N) is 1. The van der Waals surface area contributed by atoms with E-state index < -0.39 is 10.0 Å². The minimum absolute atomic E-state index is 0.0168. The SMILES string of the molecule is N#Cc1ccc(Cl)c(S(=O)(=O)NC2CCCC2)c1. The molecule has 0 radical (unpaired) electrons. The van der Waals surface area contributed by atoms with Crippen molar-refractivity contribution in [3.63, 3.8) is 0 Å². The summed E-state index contributed by atoms with van der Waals surface area (Å²) in [6.07, 6.45) is 3.79. The van der Waals surface area contributed by atoms with Gasteiger partial charge in [0.2, 0.25) is 10.0 Å². The molecule has 0 aromatic heterocycles. The van der Waals surface area contributed by atoms with Crippen LogP contribution in [0.5, 0.6) is 0 Å². The summed E-state index contributed by atoms with van der Waals surface area (Å²) in [5, 5.41) is 8.93. The molecule has 18 heavy (non-hydrogen) atoms. The van der Waals surface area contributed by atoms with Gasteiger partial charge >= 0.3 is 0 Å². The average Bonchev–Trinajstić information content (AvgIpc) is 2.81. The number of sulfonamides is 1. The van der Waals surface area contributed by atoms with E-state index in [0.29, 0.717) is 0 Å². The van der Waals surface area contributed by atoms with Gasteiger partial charge in [0.1, 0.15) is 4.90 Å². The van der Waals surface area contributed by atoms with Crippen LogP contribution in [-0.4, -0.2) is 14.5 Å². The number of rotatable bonds is 3. The number of halogens is 1. The fraction of sp³-hybridized carbons (Fsp3) is 0.417. The van der Waals surface area contributed by atoms with Crippen molar-refractivity contribution in [2.45, 2.75) is 36.6 Å². The zero-order chi connectivity index (χ0) is 13.2.